The normalized spacial score (nSPS) is 12.2. The van der Waals surface area contributed by atoms with Crippen molar-refractivity contribution >= 4 is 10.0 Å². The summed E-state index contributed by atoms with van der Waals surface area (Å²) in [6.07, 6.45) is 0.407. The summed E-state index contributed by atoms with van der Waals surface area (Å²) in [6.45, 7) is -0.564. The molecule has 1 heterocycles. The summed E-state index contributed by atoms with van der Waals surface area (Å²) >= 11 is 0. The Morgan fingerprint density at radius 1 is 1.50 bits per heavy atom. The van der Waals surface area contributed by atoms with Crippen LogP contribution in [0.25, 0.3) is 0 Å². The van der Waals surface area contributed by atoms with Gasteiger partial charge in [0.15, 0.2) is 0 Å². The summed E-state index contributed by atoms with van der Waals surface area (Å²) in [5.41, 5.74) is 0. The van der Waals surface area contributed by atoms with Crippen LogP contribution < -0.4 is 4.72 Å². The second kappa shape index (κ2) is 8.25. The molecular formula is C10H17F2N3O4S. The Morgan fingerprint density at radius 2 is 2.25 bits per heavy atom. The number of alkyl halides is 2. The highest BCUT2D eigenvalue weighted by Crippen LogP contribution is 2.06. The average Bonchev–Trinajstić information content (AvgIpc) is 2.85. The summed E-state index contributed by atoms with van der Waals surface area (Å²) < 4.78 is 55.3. The molecule has 0 atom stereocenters. The highest BCUT2D eigenvalue weighted by Gasteiger charge is 2.15. The molecule has 0 spiro atoms. The van der Waals surface area contributed by atoms with Crippen molar-refractivity contribution in [1.29, 1.82) is 0 Å². The lowest BCUT2D eigenvalue weighted by atomic mass is 10.5. The quantitative estimate of drug-likeness (QED) is 0.585. The van der Waals surface area contributed by atoms with E-state index < -0.39 is 23.1 Å². The lowest BCUT2D eigenvalue weighted by Crippen LogP contribution is -2.27. The van der Waals surface area contributed by atoms with Gasteiger partial charge in [-0.05, 0) is 6.42 Å². The minimum absolute atomic E-state index is 0.0122. The van der Waals surface area contributed by atoms with Gasteiger partial charge in [0.2, 0.25) is 10.0 Å². The number of ether oxygens (including phenoxy) is 1. The second-order valence-electron chi connectivity index (χ2n) is 3.88. The van der Waals surface area contributed by atoms with E-state index in [0.717, 1.165) is 0 Å². The first kappa shape index (κ1) is 17.0. The predicted molar refractivity (Wildman–Crippen MR) is 65.9 cm³/mol. The van der Waals surface area contributed by atoms with Crippen LogP contribution in [0.3, 0.4) is 0 Å². The third kappa shape index (κ3) is 5.90. The van der Waals surface area contributed by atoms with E-state index in [9.17, 15) is 17.2 Å². The van der Waals surface area contributed by atoms with Gasteiger partial charge in [0, 0.05) is 25.9 Å². The Morgan fingerprint density at radius 3 is 2.90 bits per heavy atom. The Bertz CT molecular complexity index is 492. The van der Waals surface area contributed by atoms with Crippen molar-refractivity contribution in [3.8, 4) is 0 Å². The summed E-state index contributed by atoms with van der Waals surface area (Å²) in [4.78, 5) is -0.0238. The fourth-order valence-electron chi connectivity index (χ4n) is 1.34. The monoisotopic (exact) mass is 313 g/mol. The number of nitrogens with one attached hydrogen (secondary N) is 1. The first-order valence-electron chi connectivity index (χ1n) is 5.94. The Labute approximate surface area is 115 Å². The summed E-state index contributed by atoms with van der Waals surface area (Å²) in [5.74, 6) is 0. The molecule has 0 saturated carbocycles. The fraction of sp³-hybridized carbons (Fsp3) is 0.700. The van der Waals surface area contributed by atoms with Crippen molar-refractivity contribution in [2.45, 2.75) is 24.3 Å². The molecule has 0 aliphatic carbocycles. The zero-order valence-electron chi connectivity index (χ0n) is 10.7. The van der Waals surface area contributed by atoms with Crippen LogP contribution in [-0.4, -0.2) is 56.1 Å². The molecule has 0 bridgehead atoms. The second-order valence-corrected chi connectivity index (χ2v) is 5.65. The molecule has 0 aliphatic rings. The highest BCUT2D eigenvalue weighted by atomic mass is 32.2. The number of aliphatic hydroxyl groups is 1. The van der Waals surface area contributed by atoms with Crippen LogP contribution in [0.4, 0.5) is 8.78 Å². The van der Waals surface area contributed by atoms with Gasteiger partial charge in [-0.3, -0.25) is 4.68 Å². The van der Waals surface area contributed by atoms with E-state index in [2.05, 4.69) is 14.6 Å². The van der Waals surface area contributed by atoms with E-state index in [1.807, 2.05) is 0 Å². The van der Waals surface area contributed by atoms with Gasteiger partial charge in [-0.25, -0.2) is 21.9 Å². The molecule has 1 aromatic rings. The molecule has 0 radical (unpaired) electrons. The van der Waals surface area contributed by atoms with Gasteiger partial charge < -0.3 is 9.84 Å². The zero-order valence-corrected chi connectivity index (χ0v) is 11.5. The molecule has 0 fully saturated rings. The van der Waals surface area contributed by atoms with E-state index in [0.29, 0.717) is 13.0 Å². The third-order valence-corrected chi connectivity index (χ3v) is 3.66. The van der Waals surface area contributed by atoms with Crippen molar-refractivity contribution in [2.75, 3.05) is 26.4 Å². The number of aromatic nitrogens is 2. The summed E-state index contributed by atoms with van der Waals surface area (Å²) in [6, 6.07) is 0. The summed E-state index contributed by atoms with van der Waals surface area (Å²) in [5, 5.41) is 12.5. The molecule has 0 unspecified atom stereocenters. The topological polar surface area (TPSA) is 93.5 Å². The molecular weight excluding hydrogens is 296 g/mol. The number of hydrogen-bond acceptors (Lipinski definition) is 5. The highest BCUT2D eigenvalue weighted by molar-refractivity contribution is 7.89. The molecule has 7 nitrogen and oxygen atoms in total. The SMILES string of the molecule is O=S(=O)(NCCOCC(F)F)c1cnn(CCCO)c1. The molecule has 1 aromatic heterocycles. The van der Waals surface area contributed by atoms with Gasteiger partial charge in [-0.2, -0.15) is 5.10 Å². The van der Waals surface area contributed by atoms with Crippen LogP contribution in [0.1, 0.15) is 6.42 Å². The van der Waals surface area contributed by atoms with Crippen LogP contribution >= 0.6 is 0 Å². The van der Waals surface area contributed by atoms with E-state index >= 15 is 0 Å². The third-order valence-electron chi connectivity index (χ3n) is 2.25. The Hall–Kier alpha value is -1.10. The van der Waals surface area contributed by atoms with E-state index in [1.165, 1.54) is 17.1 Å². The molecule has 10 heteroatoms. The number of sulfonamides is 1. The smallest absolute Gasteiger partial charge is 0.261 e. The first-order valence-corrected chi connectivity index (χ1v) is 7.43. The maximum absolute atomic E-state index is 11.8. The molecule has 0 saturated heterocycles. The van der Waals surface area contributed by atoms with E-state index in [-0.39, 0.29) is 24.7 Å². The van der Waals surface area contributed by atoms with E-state index in [4.69, 9.17) is 5.11 Å². The van der Waals surface area contributed by atoms with Crippen molar-refractivity contribution in [1.82, 2.24) is 14.5 Å². The number of rotatable bonds is 10. The van der Waals surface area contributed by atoms with Crippen molar-refractivity contribution in [2.24, 2.45) is 0 Å². The Balaban J connectivity index is 2.41. The number of aryl methyl sites for hydroxylation is 1. The fourth-order valence-corrected chi connectivity index (χ4v) is 2.31. The van der Waals surface area contributed by atoms with Gasteiger partial charge in [-0.1, -0.05) is 0 Å². The average molecular weight is 313 g/mol. The van der Waals surface area contributed by atoms with Crippen molar-refractivity contribution in [3.63, 3.8) is 0 Å². The number of halogens is 2. The maximum Gasteiger partial charge on any atom is 0.261 e. The molecule has 0 amide bonds. The van der Waals surface area contributed by atoms with E-state index in [1.54, 1.807) is 0 Å². The number of aliphatic hydroxyl groups excluding tert-OH is 1. The molecule has 0 aliphatic heterocycles. The van der Waals surface area contributed by atoms with Crippen molar-refractivity contribution < 1.29 is 27.0 Å². The van der Waals surface area contributed by atoms with Gasteiger partial charge >= 0.3 is 0 Å². The van der Waals surface area contributed by atoms with Gasteiger partial charge in [0.1, 0.15) is 11.5 Å². The predicted octanol–water partition coefficient (Wildman–Crippen LogP) is -0.175. The van der Waals surface area contributed by atoms with Gasteiger partial charge in [0.25, 0.3) is 6.43 Å². The lowest BCUT2D eigenvalue weighted by Gasteiger charge is -2.05. The summed E-state index contributed by atoms with van der Waals surface area (Å²) in [7, 11) is -3.73. The van der Waals surface area contributed by atoms with Gasteiger partial charge in [-0.15, -0.1) is 0 Å². The Kier molecular flexibility index (Phi) is 6.99. The number of hydrogen-bond donors (Lipinski definition) is 2. The molecule has 1 rings (SSSR count). The maximum atomic E-state index is 11.8. The minimum Gasteiger partial charge on any atom is -0.396 e. The standard InChI is InChI=1S/C10H17F2N3O4S/c11-10(12)8-19-5-2-14-20(17,18)9-6-13-15(7-9)3-1-4-16/h6-7,10,14,16H,1-5,8H2. The first-order chi connectivity index (χ1) is 9.45. The van der Waals surface area contributed by atoms with Crippen molar-refractivity contribution in [3.05, 3.63) is 12.4 Å². The molecule has 2 N–H and O–H groups in total. The zero-order chi connectivity index (χ0) is 15.0. The lowest BCUT2D eigenvalue weighted by molar-refractivity contribution is 0.0199. The van der Waals surface area contributed by atoms with Crippen LogP contribution in [0.5, 0.6) is 0 Å². The van der Waals surface area contributed by atoms with Crippen LogP contribution in [-0.2, 0) is 21.3 Å². The minimum atomic E-state index is -3.73. The largest absolute Gasteiger partial charge is 0.396 e. The van der Waals surface area contributed by atoms with Crippen LogP contribution in [0, 0.1) is 0 Å². The molecule has 0 aromatic carbocycles. The number of nitrogens with zero attached hydrogens (tertiary/aromatic N) is 2. The van der Waals surface area contributed by atoms with Crippen LogP contribution in [0.15, 0.2) is 17.3 Å². The van der Waals surface area contributed by atoms with Gasteiger partial charge in [0.05, 0.1) is 12.8 Å². The molecule has 20 heavy (non-hydrogen) atoms. The molecule has 116 valence electrons. The van der Waals surface area contributed by atoms with Crippen LogP contribution in [0.2, 0.25) is 0 Å².